The van der Waals surface area contributed by atoms with Crippen molar-refractivity contribution in [1.82, 2.24) is 0 Å². The monoisotopic (exact) mass is 409 g/mol. The van der Waals surface area contributed by atoms with Crippen LogP contribution in [0.4, 0.5) is 30.2 Å². The van der Waals surface area contributed by atoms with E-state index in [-0.39, 0.29) is 18.1 Å². The van der Waals surface area contributed by atoms with Gasteiger partial charge < -0.3 is 15.4 Å². The van der Waals surface area contributed by atoms with Crippen LogP contribution in [-0.2, 0) is 22.3 Å². The number of benzene rings is 2. The van der Waals surface area contributed by atoms with Gasteiger partial charge >= 0.3 is 6.18 Å². The number of alkyl halides is 3. The van der Waals surface area contributed by atoms with Crippen molar-refractivity contribution < 1.29 is 27.6 Å². The molecular formula is C19H18F3N3O4. The quantitative estimate of drug-likeness (QED) is 0.547. The summed E-state index contributed by atoms with van der Waals surface area (Å²) in [6, 6.07) is 9.21. The molecule has 1 aliphatic rings. The molecule has 7 nitrogen and oxygen atoms in total. The van der Waals surface area contributed by atoms with E-state index in [0.29, 0.717) is 30.3 Å². The zero-order valence-electron chi connectivity index (χ0n) is 15.2. The van der Waals surface area contributed by atoms with Gasteiger partial charge in [-0.25, -0.2) is 0 Å². The molecule has 2 aromatic rings. The van der Waals surface area contributed by atoms with Crippen LogP contribution in [0.3, 0.4) is 0 Å². The number of hydrogen-bond acceptors (Lipinski definition) is 5. The van der Waals surface area contributed by atoms with Gasteiger partial charge in [-0.1, -0.05) is 12.1 Å². The minimum atomic E-state index is -4.74. The lowest BCUT2D eigenvalue weighted by molar-refractivity contribution is -0.385. The molecule has 1 saturated heterocycles. The lowest BCUT2D eigenvalue weighted by Crippen LogP contribution is -2.26. The van der Waals surface area contributed by atoms with Crippen molar-refractivity contribution >= 4 is 23.0 Å². The van der Waals surface area contributed by atoms with E-state index in [1.54, 1.807) is 24.3 Å². The lowest BCUT2D eigenvalue weighted by Gasteiger charge is -2.15. The molecule has 0 radical (unpaired) electrons. The number of nitrogens with zero attached hydrogens (tertiary/aromatic N) is 1. The van der Waals surface area contributed by atoms with Crippen molar-refractivity contribution in [1.29, 1.82) is 0 Å². The first-order valence-corrected chi connectivity index (χ1v) is 8.85. The molecule has 0 spiro atoms. The number of halogens is 3. The second-order valence-electron chi connectivity index (χ2n) is 6.53. The van der Waals surface area contributed by atoms with Gasteiger partial charge in [-0.15, -0.1) is 0 Å². The molecule has 0 saturated carbocycles. The van der Waals surface area contributed by atoms with Crippen LogP contribution >= 0.6 is 0 Å². The van der Waals surface area contributed by atoms with Crippen molar-refractivity contribution in [2.45, 2.75) is 31.7 Å². The van der Waals surface area contributed by atoms with Crippen LogP contribution < -0.4 is 10.6 Å². The number of carbonyl (C=O) groups is 1. The van der Waals surface area contributed by atoms with Crippen molar-refractivity contribution in [2.24, 2.45) is 0 Å². The maximum absolute atomic E-state index is 13.3. The highest BCUT2D eigenvalue weighted by Gasteiger charge is 2.35. The topological polar surface area (TPSA) is 93.5 Å². The summed E-state index contributed by atoms with van der Waals surface area (Å²) in [7, 11) is 0. The van der Waals surface area contributed by atoms with Crippen LogP contribution in [0.25, 0.3) is 0 Å². The standard InChI is InChI=1S/C19H18F3N3O4/c20-19(21,22)15-10-14(25(27)28)6-7-16(15)23-11-12-3-1-4-13(9-12)24-18(26)17-5-2-8-29-17/h1,3-4,6-7,9-10,17,23H,2,5,8,11H2,(H,24,26). The number of non-ortho nitro benzene ring substituents is 1. The predicted octanol–water partition coefficient (Wildman–Crippen LogP) is 4.34. The fourth-order valence-electron chi connectivity index (χ4n) is 3.00. The molecule has 1 heterocycles. The molecule has 2 aromatic carbocycles. The molecule has 0 aliphatic carbocycles. The van der Waals surface area contributed by atoms with Crippen LogP contribution in [0.5, 0.6) is 0 Å². The number of nitro benzene ring substituents is 1. The second-order valence-corrected chi connectivity index (χ2v) is 6.53. The molecule has 29 heavy (non-hydrogen) atoms. The number of ether oxygens (including phenoxy) is 1. The Kier molecular flexibility index (Phi) is 6.02. The van der Waals surface area contributed by atoms with Gasteiger partial charge in [0.1, 0.15) is 6.10 Å². The highest BCUT2D eigenvalue weighted by Crippen LogP contribution is 2.37. The molecule has 2 N–H and O–H groups in total. The van der Waals surface area contributed by atoms with E-state index in [1.165, 1.54) is 0 Å². The molecular weight excluding hydrogens is 391 g/mol. The van der Waals surface area contributed by atoms with Gasteiger partial charge in [0.15, 0.2) is 0 Å². The summed E-state index contributed by atoms with van der Waals surface area (Å²) in [5, 5.41) is 16.2. The van der Waals surface area contributed by atoms with E-state index in [2.05, 4.69) is 10.6 Å². The fraction of sp³-hybridized carbons (Fsp3) is 0.316. The zero-order chi connectivity index (χ0) is 21.0. The number of amides is 1. The summed E-state index contributed by atoms with van der Waals surface area (Å²) in [4.78, 5) is 22.0. The van der Waals surface area contributed by atoms with Crippen LogP contribution in [0.2, 0.25) is 0 Å². The van der Waals surface area contributed by atoms with Crippen molar-refractivity contribution in [3.05, 3.63) is 63.7 Å². The zero-order valence-corrected chi connectivity index (χ0v) is 15.2. The van der Waals surface area contributed by atoms with E-state index < -0.39 is 28.5 Å². The van der Waals surface area contributed by atoms with Gasteiger partial charge in [0, 0.05) is 36.7 Å². The Morgan fingerprint density at radius 3 is 2.69 bits per heavy atom. The predicted molar refractivity (Wildman–Crippen MR) is 99.5 cm³/mol. The van der Waals surface area contributed by atoms with Crippen molar-refractivity contribution in [3.8, 4) is 0 Å². The number of anilines is 2. The Morgan fingerprint density at radius 1 is 1.24 bits per heavy atom. The normalized spacial score (nSPS) is 16.4. The minimum absolute atomic E-state index is 0.0323. The Balaban J connectivity index is 1.71. The molecule has 1 amide bonds. The number of nitro groups is 1. The lowest BCUT2D eigenvalue weighted by atomic mass is 10.1. The van der Waals surface area contributed by atoms with Gasteiger partial charge in [0.2, 0.25) is 0 Å². The number of nitrogens with one attached hydrogen (secondary N) is 2. The summed E-state index contributed by atoms with van der Waals surface area (Å²) in [6.45, 7) is 0.573. The first-order valence-electron chi connectivity index (χ1n) is 8.85. The Morgan fingerprint density at radius 2 is 2.03 bits per heavy atom. The van der Waals surface area contributed by atoms with E-state index in [9.17, 15) is 28.1 Å². The molecule has 154 valence electrons. The van der Waals surface area contributed by atoms with Gasteiger partial charge in [-0.05, 0) is 36.6 Å². The third kappa shape index (κ3) is 5.23. The first kappa shape index (κ1) is 20.6. The molecule has 1 aliphatic heterocycles. The van der Waals surface area contributed by atoms with E-state index in [0.717, 1.165) is 18.6 Å². The third-order valence-corrected chi connectivity index (χ3v) is 4.42. The molecule has 10 heteroatoms. The average Bonchev–Trinajstić information content (AvgIpc) is 3.21. The first-order chi connectivity index (χ1) is 13.7. The molecule has 0 aromatic heterocycles. The average molecular weight is 409 g/mol. The summed E-state index contributed by atoms with van der Waals surface area (Å²) in [6.07, 6.45) is -3.77. The summed E-state index contributed by atoms with van der Waals surface area (Å²) in [5.41, 5.74) is -0.890. The highest BCUT2D eigenvalue weighted by molar-refractivity contribution is 5.94. The smallest absolute Gasteiger partial charge is 0.380 e. The second kappa shape index (κ2) is 8.48. The van der Waals surface area contributed by atoms with Gasteiger partial charge in [-0.2, -0.15) is 13.2 Å². The molecule has 1 atom stereocenters. The van der Waals surface area contributed by atoms with Gasteiger partial charge in [-0.3, -0.25) is 14.9 Å². The number of rotatable bonds is 6. The fourth-order valence-corrected chi connectivity index (χ4v) is 3.00. The van der Waals surface area contributed by atoms with E-state index in [1.807, 2.05) is 0 Å². The van der Waals surface area contributed by atoms with Crippen molar-refractivity contribution in [2.75, 3.05) is 17.2 Å². The van der Waals surface area contributed by atoms with Crippen LogP contribution in [0.15, 0.2) is 42.5 Å². The van der Waals surface area contributed by atoms with Crippen LogP contribution in [0.1, 0.15) is 24.0 Å². The van der Waals surface area contributed by atoms with E-state index in [4.69, 9.17) is 4.74 Å². The molecule has 1 unspecified atom stereocenters. The summed E-state index contributed by atoms with van der Waals surface area (Å²) < 4.78 is 45.1. The van der Waals surface area contributed by atoms with Crippen molar-refractivity contribution in [3.63, 3.8) is 0 Å². The Hall–Kier alpha value is -3.14. The van der Waals surface area contributed by atoms with Crippen LogP contribution in [-0.4, -0.2) is 23.5 Å². The number of hydrogen-bond donors (Lipinski definition) is 2. The summed E-state index contributed by atoms with van der Waals surface area (Å²) >= 11 is 0. The summed E-state index contributed by atoms with van der Waals surface area (Å²) in [5.74, 6) is -0.262. The SMILES string of the molecule is O=C(Nc1cccc(CNc2ccc([N+](=O)[O-])cc2C(F)(F)F)c1)C1CCCO1. The molecule has 1 fully saturated rings. The van der Waals surface area contributed by atoms with Crippen LogP contribution in [0, 0.1) is 10.1 Å². The van der Waals surface area contributed by atoms with Gasteiger partial charge in [0.25, 0.3) is 11.6 Å². The molecule has 0 bridgehead atoms. The maximum Gasteiger partial charge on any atom is 0.418 e. The Bertz CT molecular complexity index is 912. The largest absolute Gasteiger partial charge is 0.418 e. The number of carbonyl (C=O) groups excluding carboxylic acids is 1. The highest BCUT2D eigenvalue weighted by atomic mass is 19.4. The van der Waals surface area contributed by atoms with E-state index >= 15 is 0 Å². The third-order valence-electron chi connectivity index (χ3n) is 4.42. The van der Waals surface area contributed by atoms with Gasteiger partial charge in [0.05, 0.1) is 10.5 Å². The maximum atomic E-state index is 13.3. The molecule has 3 rings (SSSR count). The Labute approximate surface area is 164 Å². The minimum Gasteiger partial charge on any atom is -0.380 e.